The Labute approximate surface area is 105 Å². The van der Waals surface area contributed by atoms with Gasteiger partial charge >= 0.3 is 0 Å². The lowest BCUT2D eigenvalue weighted by Crippen LogP contribution is -2.48. The van der Waals surface area contributed by atoms with E-state index in [2.05, 4.69) is 5.32 Å². The van der Waals surface area contributed by atoms with Crippen LogP contribution in [0.1, 0.15) is 5.56 Å². The predicted molar refractivity (Wildman–Crippen MR) is 65.9 cm³/mol. The molecule has 0 heterocycles. The number of carbonyl (C=O) groups excluding carboxylic acids is 1. The molecule has 0 spiro atoms. The zero-order chi connectivity index (χ0) is 13.5. The van der Waals surface area contributed by atoms with E-state index in [0.717, 1.165) is 5.56 Å². The molecule has 0 radical (unpaired) electrons. The van der Waals surface area contributed by atoms with Gasteiger partial charge in [-0.3, -0.25) is 4.79 Å². The Morgan fingerprint density at radius 3 is 2.28 bits per heavy atom. The molecule has 1 rings (SSSR count). The Balaban J connectivity index is 2.51. The van der Waals surface area contributed by atoms with E-state index in [-0.39, 0.29) is 19.0 Å². The number of rotatable bonds is 6. The molecule has 0 saturated heterocycles. The molecule has 0 aliphatic rings. The second kappa shape index (κ2) is 6.95. The summed E-state index contributed by atoms with van der Waals surface area (Å²) >= 11 is 0. The van der Waals surface area contributed by atoms with E-state index in [4.69, 9.17) is 21.1 Å². The first-order valence-corrected chi connectivity index (χ1v) is 5.62. The molecule has 1 amide bonds. The molecule has 18 heavy (non-hydrogen) atoms. The molecule has 100 valence electrons. The fourth-order valence-corrected chi connectivity index (χ4v) is 1.44. The molecule has 0 unspecified atom stereocenters. The number of carbonyl (C=O) groups is 1. The van der Waals surface area contributed by atoms with Crippen LogP contribution in [0.5, 0.6) is 5.75 Å². The molecule has 0 aliphatic carbocycles. The van der Waals surface area contributed by atoms with Crippen molar-refractivity contribution in [3.8, 4) is 5.75 Å². The zero-order valence-electron chi connectivity index (χ0n) is 9.91. The van der Waals surface area contributed by atoms with Gasteiger partial charge in [-0.05, 0) is 24.1 Å². The third kappa shape index (κ3) is 4.33. The van der Waals surface area contributed by atoms with E-state index in [0.29, 0.717) is 6.42 Å². The van der Waals surface area contributed by atoms with Gasteiger partial charge in [0.25, 0.3) is 0 Å². The molecule has 1 aromatic carbocycles. The third-order valence-electron chi connectivity index (χ3n) is 2.52. The Kier molecular flexibility index (Phi) is 5.57. The number of nitrogens with one attached hydrogen (secondary N) is 1. The van der Waals surface area contributed by atoms with Crippen molar-refractivity contribution in [2.24, 2.45) is 5.73 Å². The molecule has 0 bridgehead atoms. The molecule has 0 aromatic heterocycles. The molecule has 0 saturated carbocycles. The molecule has 6 nitrogen and oxygen atoms in total. The van der Waals surface area contributed by atoms with Crippen LogP contribution in [0, 0.1) is 0 Å². The van der Waals surface area contributed by atoms with Gasteiger partial charge < -0.3 is 26.4 Å². The van der Waals surface area contributed by atoms with Crippen LogP contribution in [0.3, 0.4) is 0 Å². The first-order valence-electron chi connectivity index (χ1n) is 5.62. The average Bonchev–Trinajstić information content (AvgIpc) is 2.38. The van der Waals surface area contributed by atoms with Crippen molar-refractivity contribution >= 4 is 5.91 Å². The van der Waals surface area contributed by atoms with Crippen molar-refractivity contribution in [2.75, 3.05) is 13.2 Å². The molecule has 0 fully saturated rings. The molecule has 6 N–H and O–H groups in total. The zero-order valence-corrected chi connectivity index (χ0v) is 9.91. The molecule has 6 heteroatoms. The van der Waals surface area contributed by atoms with Gasteiger partial charge in [-0.25, -0.2) is 0 Å². The van der Waals surface area contributed by atoms with Gasteiger partial charge in [-0.15, -0.1) is 0 Å². The molecular weight excluding hydrogens is 236 g/mol. The highest BCUT2D eigenvalue weighted by Gasteiger charge is 2.17. The maximum Gasteiger partial charge on any atom is 0.237 e. The Morgan fingerprint density at radius 2 is 1.78 bits per heavy atom. The quantitative estimate of drug-likeness (QED) is 0.434. The van der Waals surface area contributed by atoms with Gasteiger partial charge in [0, 0.05) is 0 Å². The number of hydrogen-bond acceptors (Lipinski definition) is 5. The van der Waals surface area contributed by atoms with Gasteiger partial charge in [0.1, 0.15) is 5.75 Å². The van der Waals surface area contributed by atoms with Gasteiger partial charge in [-0.2, -0.15) is 0 Å². The number of aromatic hydroxyl groups is 1. The van der Waals surface area contributed by atoms with Crippen molar-refractivity contribution in [3.63, 3.8) is 0 Å². The number of aliphatic hydroxyl groups excluding tert-OH is 2. The molecule has 1 aromatic rings. The normalized spacial score (nSPS) is 12.4. The lowest BCUT2D eigenvalue weighted by Gasteiger charge is -2.17. The summed E-state index contributed by atoms with van der Waals surface area (Å²) in [5, 5.41) is 29.2. The second-order valence-electron chi connectivity index (χ2n) is 4.05. The minimum Gasteiger partial charge on any atom is -0.508 e. The SMILES string of the molecule is N[C@H](Cc1ccc(O)cc1)C(=O)NC(CO)CO. The molecule has 1 atom stereocenters. The monoisotopic (exact) mass is 254 g/mol. The van der Waals surface area contributed by atoms with Crippen molar-refractivity contribution in [2.45, 2.75) is 18.5 Å². The molecular formula is C12H18N2O4. The predicted octanol–water partition coefficient (Wildman–Crippen LogP) is -1.27. The Bertz CT molecular complexity index is 376. The standard InChI is InChI=1S/C12H18N2O4/c13-11(12(18)14-9(6-15)7-16)5-8-1-3-10(17)4-2-8/h1-4,9,11,15-17H,5-7,13H2,(H,14,18)/t11-/m1/s1. The summed E-state index contributed by atoms with van der Waals surface area (Å²) in [5.41, 5.74) is 6.53. The van der Waals surface area contributed by atoms with E-state index in [1.165, 1.54) is 12.1 Å². The van der Waals surface area contributed by atoms with Crippen molar-refractivity contribution < 1.29 is 20.1 Å². The largest absolute Gasteiger partial charge is 0.508 e. The summed E-state index contributed by atoms with van der Waals surface area (Å²) in [4.78, 5) is 11.6. The van der Waals surface area contributed by atoms with E-state index in [9.17, 15) is 4.79 Å². The maximum atomic E-state index is 11.6. The van der Waals surface area contributed by atoms with Crippen LogP contribution in [-0.4, -0.2) is 46.5 Å². The van der Waals surface area contributed by atoms with E-state index in [1.807, 2.05) is 0 Å². The first kappa shape index (κ1) is 14.4. The topological polar surface area (TPSA) is 116 Å². The number of benzene rings is 1. The summed E-state index contributed by atoms with van der Waals surface area (Å²) < 4.78 is 0. The summed E-state index contributed by atoms with van der Waals surface area (Å²) in [7, 11) is 0. The van der Waals surface area contributed by atoms with Crippen molar-refractivity contribution in [1.82, 2.24) is 5.32 Å². The first-order chi connectivity index (χ1) is 8.56. The summed E-state index contributed by atoms with van der Waals surface area (Å²) in [5.74, 6) is -0.284. The maximum absolute atomic E-state index is 11.6. The van der Waals surface area contributed by atoms with Gasteiger partial charge in [0.05, 0.1) is 25.3 Å². The number of phenols is 1. The summed E-state index contributed by atoms with van der Waals surface area (Å²) in [6, 6.07) is 4.93. The second-order valence-corrected chi connectivity index (χ2v) is 4.05. The van der Waals surface area contributed by atoms with Crippen LogP contribution in [0.2, 0.25) is 0 Å². The number of nitrogens with two attached hydrogens (primary N) is 1. The van der Waals surface area contributed by atoms with Crippen LogP contribution in [0.15, 0.2) is 24.3 Å². The highest BCUT2D eigenvalue weighted by Crippen LogP contribution is 2.10. The van der Waals surface area contributed by atoms with Crippen LogP contribution in [-0.2, 0) is 11.2 Å². The van der Waals surface area contributed by atoms with Crippen LogP contribution < -0.4 is 11.1 Å². The Hall–Kier alpha value is -1.63. The van der Waals surface area contributed by atoms with E-state index < -0.39 is 18.0 Å². The lowest BCUT2D eigenvalue weighted by molar-refractivity contribution is -0.123. The van der Waals surface area contributed by atoms with Crippen LogP contribution in [0.4, 0.5) is 0 Å². The lowest BCUT2D eigenvalue weighted by atomic mass is 10.1. The fraction of sp³-hybridized carbons (Fsp3) is 0.417. The summed E-state index contributed by atoms with van der Waals surface area (Å²) in [6.45, 7) is -0.678. The number of hydrogen-bond donors (Lipinski definition) is 5. The minimum absolute atomic E-state index is 0.150. The third-order valence-corrected chi connectivity index (χ3v) is 2.52. The van der Waals surface area contributed by atoms with E-state index >= 15 is 0 Å². The highest BCUT2D eigenvalue weighted by molar-refractivity contribution is 5.82. The number of phenolic OH excluding ortho intramolecular Hbond substituents is 1. The fourth-order valence-electron chi connectivity index (χ4n) is 1.44. The number of aliphatic hydroxyl groups is 2. The summed E-state index contributed by atoms with van der Waals surface area (Å²) in [6.07, 6.45) is 0.315. The van der Waals surface area contributed by atoms with Crippen molar-refractivity contribution in [1.29, 1.82) is 0 Å². The molecule has 0 aliphatic heterocycles. The van der Waals surface area contributed by atoms with Gasteiger partial charge in [0.15, 0.2) is 0 Å². The highest BCUT2D eigenvalue weighted by atomic mass is 16.3. The average molecular weight is 254 g/mol. The smallest absolute Gasteiger partial charge is 0.237 e. The minimum atomic E-state index is -0.768. The van der Waals surface area contributed by atoms with Gasteiger partial charge in [-0.1, -0.05) is 12.1 Å². The van der Waals surface area contributed by atoms with Crippen LogP contribution in [0.25, 0.3) is 0 Å². The van der Waals surface area contributed by atoms with Crippen molar-refractivity contribution in [3.05, 3.63) is 29.8 Å². The van der Waals surface area contributed by atoms with E-state index in [1.54, 1.807) is 12.1 Å². The van der Waals surface area contributed by atoms with Crippen LogP contribution >= 0.6 is 0 Å². The van der Waals surface area contributed by atoms with Gasteiger partial charge in [0.2, 0.25) is 5.91 Å². The Morgan fingerprint density at radius 1 is 1.22 bits per heavy atom. The number of amides is 1.